The number of hydrogen-bond acceptors (Lipinski definition) is 2. The van der Waals surface area contributed by atoms with Gasteiger partial charge in [-0.05, 0) is 41.3 Å². The van der Waals surface area contributed by atoms with Gasteiger partial charge in [0.2, 0.25) is 5.91 Å². The molecule has 0 bridgehead atoms. The van der Waals surface area contributed by atoms with Crippen molar-refractivity contribution in [2.24, 2.45) is 0 Å². The van der Waals surface area contributed by atoms with Gasteiger partial charge in [-0.2, -0.15) is 0 Å². The minimum atomic E-state index is -0.467. The molecule has 5 aromatic rings. The van der Waals surface area contributed by atoms with E-state index in [2.05, 4.69) is 17.1 Å². The van der Waals surface area contributed by atoms with Gasteiger partial charge in [0.15, 0.2) is 0 Å². The second-order valence-corrected chi connectivity index (χ2v) is 8.93. The molecule has 0 radical (unpaired) electrons. The van der Waals surface area contributed by atoms with Crippen LogP contribution in [0.5, 0.6) is 0 Å². The number of hydrogen-bond donors (Lipinski definition) is 0. The van der Waals surface area contributed by atoms with Gasteiger partial charge >= 0.3 is 0 Å². The highest BCUT2D eigenvalue weighted by Crippen LogP contribution is 2.31. The summed E-state index contributed by atoms with van der Waals surface area (Å²) in [6.07, 6.45) is 4.56. The third kappa shape index (κ3) is 5.36. The fraction of sp³-hybridized carbons (Fsp3) is 0.161. The Balaban J connectivity index is 1.46. The summed E-state index contributed by atoms with van der Waals surface area (Å²) in [5, 5.41) is 0. The van der Waals surface area contributed by atoms with Crippen molar-refractivity contribution >= 4 is 11.6 Å². The third-order valence-corrected chi connectivity index (χ3v) is 6.54. The number of pyridine rings is 1. The molecule has 2 heterocycles. The lowest BCUT2D eigenvalue weighted by Crippen LogP contribution is -2.33. The first-order valence-corrected chi connectivity index (χ1v) is 12.2. The molecule has 36 heavy (non-hydrogen) atoms. The monoisotopic (exact) mass is 477 g/mol. The Morgan fingerprint density at radius 1 is 0.833 bits per heavy atom. The molecule has 5 rings (SSSR count). The number of aromatic nitrogens is 2. The summed E-state index contributed by atoms with van der Waals surface area (Å²) in [5.74, 6) is -0.805. The predicted molar refractivity (Wildman–Crippen MR) is 140 cm³/mol. The summed E-state index contributed by atoms with van der Waals surface area (Å²) in [6.45, 7) is 1.08. The zero-order valence-electron chi connectivity index (χ0n) is 20.0. The SMILES string of the molecule is O=C(CC(c1ccccc1F)c1cnc2ccccn12)N(CCc1ccccc1)Cc1ccccc1. The Kier molecular flexibility index (Phi) is 7.17. The van der Waals surface area contributed by atoms with E-state index in [1.165, 1.54) is 11.6 Å². The lowest BCUT2D eigenvalue weighted by atomic mass is 9.91. The zero-order valence-corrected chi connectivity index (χ0v) is 20.0. The van der Waals surface area contributed by atoms with Crippen LogP contribution in [0.2, 0.25) is 0 Å². The molecule has 0 spiro atoms. The largest absolute Gasteiger partial charge is 0.338 e. The molecule has 1 amide bonds. The molecule has 0 saturated heterocycles. The molecule has 4 nitrogen and oxygen atoms in total. The number of imidazole rings is 1. The summed E-state index contributed by atoms with van der Waals surface area (Å²) < 4.78 is 17.0. The van der Waals surface area contributed by atoms with E-state index in [4.69, 9.17) is 0 Å². The minimum absolute atomic E-state index is 0.0195. The fourth-order valence-electron chi connectivity index (χ4n) is 4.65. The van der Waals surface area contributed by atoms with E-state index in [-0.39, 0.29) is 18.1 Å². The average Bonchev–Trinajstić information content (AvgIpc) is 3.35. The van der Waals surface area contributed by atoms with E-state index in [0.717, 1.165) is 23.3 Å². The predicted octanol–water partition coefficient (Wildman–Crippen LogP) is 6.27. The Hall–Kier alpha value is -4.25. The number of halogens is 1. The second kappa shape index (κ2) is 11.0. The Morgan fingerprint density at radius 2 is 1.50 bits per heavy atom. The lowest BCUT2D eigenvalue weighted by Gasteiger charge is -2.26. The average molecular weight is 478 g/mol. The smallest absolute Gasteiger partial charge is 0.223 e. The van der Waals surface area contributed by atoms with E-state index in [1.807, 2.05) is 88.3 Å². The van der Waals surface area contributed by atoms with Gasteiger partial charge in [-0.1, -0.05) is 84.9 Å². The van der Waals surface area contributed by atoms with Crippen LogP contribution in [0.4, 0.5) is 4.39 Å². The van der Waals surface area contributed by atoms with Gasteiger partial charge < -0.3 is 9.30 Å². The van der Waals surface area contributed by atoms with Gasteiger partial charge in [0, 0.05) is 37.8 Å². The summed E-state index contributed by atoms with van der Waals surface area (Å²) in [4.78, 5) is 20.3. The van der Waals surface area contributed by atoms with Crippen LogP contribution in [-0.4, -0.2) is 26.7 Å². The highest BCUT2D eigenvalue weighted by atomic mass is 19.1. The van der Waals surface area contributed by atoms with Gasteiger partial charge in [-0.15, -0.1) is 0 Å². The fourth-order valence-corrected chi connectivity index (χ4v) is 4.65. The Morgan fingerprint density at radius 3 is 2.25 bits per heavy atom. The van der Waals surface area contributed by atoms with Gasteiger partial charge in [0.25, 0.3) is 0 Å². The summed E-state index contributed by atoms with van der Waals surface area (Å²) >= 11 is 0. The number of amides is 1. The van der Waals surface area contributed by atoms with Crippen LogP contribution in [0.1, 0.15) is 34.7 Å². The van der Waals surface area contributed by atoms with Crippen molar-refractivity contribution in [2.75, 3.05) is 6.54 Å². The van der Waals surface area contributed by atoms with Crippen LogP contribution < -0.4 is 0 Å². The lowest BCUT2D eigenvalue weighted by molar-refractivity contribution is -0.132. The van der Waals surface area contributed by atoms with Gasteiger partial charge in [-0.3, -0.25) is 4.79 Å². The van der Waals surface area contributed by atoms with Crippen LogP contribution in [0, 0.1) is 5.82 Å². The number of carbonyl (C=O) groups is 1. The highest BCUT2D eigenvalue weighted by molar-refractivity contribution is 5.78. The standard InChI is InChI=1S/C31H28FN3O/c32-28-16-8-7-15-26(28)27(29-22-33-30-17-9-10-19-35(29)30)21-31(36)34(23-25-13-5-2-6-14-25)20-18-24-11-3-1-4-12-24/h1-17,19,22,27H,18,20-21,23H2. The van der Waals surface area contributed by atoms with Gasteiger partial charge in [0.05, 0.1) is 5.69 Å². The Bertz CT molecular complexity index is 1430. The van der Waals surface area contributed by atoms with E-state index in [0.29, 0.717) is 18.7 Å². The maximum absolute atomic E-state index is 15.0. The van der Waals surface area contributed by atoms with E-state index in [9.17, 15) is 4.79 Å². The van der Waals surface area contributed by atoms with E-state index >= 15 is 4.39 Å². The number of nitrogens with zero attached hydrogens (tertiary/aromatic N) is 3. The van der Waals surface area contributed by atoms with Gasteiger partial charge in [0.1, 0.15) is 11.5 Å². The van der Waals surface area contributed by atoms with Gasteiger partial charge in [-0.25, -0.2) is 9.37 Å². The van der Waals surface area contributed by atoms with Crippen molar-refractivity contribution < 1.29 is 9.18 Å². The molecule has 0 aliphatic carbocycles. The molecule has 0 aliphatic rings. The van der Waals surface area contributed by atoms with Crippen LogP contribution in [0.15, 0.2) is 116 Å². The first kappa shape index (κ1) is 23.5. The molecule has 0 aliphatic heterocycles. The number of benzene rings is 3. The number of fused-ring (bicyclic) bond motifs is 1. The first-order chi connectivity index (χ1) is 17.7. The zero-order chi connectivity index (χ0) is 24.7. The van der Waals surface area contributed by atoms with Crippen molar-refractivity contribution in [1.82, 2.24) is 14.3 Å². The quantitative estimate of drug-likeness (QED) is 0.251. The molecule has 1 unspecified atom stereocenters. The molecule has 2 aromatic heterocycles. The van der Waals surface area contributed by atoms with Crippen LogP contribution in [0.3, 0.4) is 0 Å². The van der Waals surface area contributed by atoms with Crippen molar-refractivity contribution in [3.63, 3.8) is 0 Å². The van der Waals surface area contributed by atoms with E-state index < -0.39 is 5.92 Å². The summed E-state index contributed by atoms with van der Waals surface area (Å²) in [5.41, 5.74) is 4.31. The maximum atomic E-state index is 15.0. The van der Waals surface area contributed by atoms with Crippen LogP contribution >= 0.6 is 0 Å². The van der Waals surface area contributed by atoms with Crippen LogP contribution in [-0.2, 0) is 17.8 Å². The van der Waals surface area contributed by atoms with Crippen molar-refractivity contribution in [3.05, 3.63) is 144 Å². The number of rotatable bonds is 9. The highest BCUT2D eigenvalue weighted by Gasteiger charge is 2.27. The van der Waals surface area contributed by atoms with Crippen molar-refractivity contribution in [3.8, 4) is 0 Å². The van der Waals surface area contributed by atoms with E-state index in [1.54, 1.807) is 18.3 Å². The molecule has 180 valence electrons. The third-order valence-electron chi connectivity index (χ3n) is 6.54. The summed E-state index contributed by atoms with van der Waals surface area (Å²) in [6, 6.07) is 32.6. The molecule has 0 fully saturated rings. The first-order valence-electron chi connectivity index (χ1n) is 12.2. The molecule has 5 heteroatoms. The van der Waals surface area contributed by atoms with Crippen molar-refractivity contribution in [2.45, 2.75) is 25.3 Å². The molecular formula is C31H28FN3O. The topological polar surface area (TPSA) is 37.6 Å². The normalized spacial score (nSPS) is 11.9. The van der Waals surface area contributed by atoms with Crippen LogP contribution in [0.25, 0.3) is 5.65 Å². The molecular weight excluding hydrogens is 449 g/mol. The molecule has 0 saturated carbocycles. The molecule has 0 N–H and O–H groups in total. The maximum Gasteiger partial charge on any atom is 0.223 e. The molecule has 1 atom stereocenters. The summed E-state index contributed by atoms with van der Waals surface area (Å²) in [7, 11) is 0. The number of carbonyl (C=O) groups excluding carboxylic acids is 1. The Labute approximate surface area is 210 Å². The second-order valence-electron chi connectivity index (χ2n) is 8.93. The minimum Gasteiger partial charge on any atom is -0.338 e. The van der Waals surface area contributed by atoms with Crippen molar-refractivity contribution in [1.29, 1.82) is 0 Å². The molecule has 3 aromatic carbocycles.